The summed E-state index contributed by atoms with van der Waals surface area (Å²) < 4.78 is 14.3. The van der Waals surface area contributed by atoms with Crippen molar-refractivity contribution in [3.05, 3.63) is 76.5 Å². The molecule has 28 heavy (non-hydrogen) atoms. The zero-order valence-electron chi connectivity index (χ0n) is 15.7. The second kappa shape index (κ2) is 8.02. The Morgan fingerprint density at radius 2 is 1.61 bits per heavy atom. The molecule has 0 aliphatic heterocycles. The minimum atomic E-state index is 0.544. The Morgan fingerprint density at radius 1 is 0.893 bits per heavy atom. The molecule has 2 heterocycles. The normalized spacial score (nSPS) is 11.0. The van der Waals surface area contributed by atoms with Crippen LogP contribution in [-0.2, 0) is 13.0 Å². The number of methoxy groups -OCH3 is 1. The van der Waals surface area contributed by atoms with E-state index >= 15 is 0 Å². The fraction of sp³-hybridized carbons (Fsp3) is 0.182. The number of aromatic nitrogens is 3. The Bertz CT molecular complexity index is 1090. The maximum Gasteiger partial charge on any atom is 0.221 e. The van der Waals surface area contributed by atoms with Crippen LogP contribution in [-0.4, -0.2) is 21.6 Å². The largest absolute Gasteiger partial charge is 0.497 e. The van der Waals surface area contributed by atoms with Gasteiger partial charge < -0.3 is 14.0 Å². The van der Waals surface area contributed by atoms with Gasteiger partial charge >= 0.3 is 0 Å². The third-order valence-corrected chi connectivity index (χ3v) is 5.05. The van der Waals surface area contributed by atoms with E-state index in [1.54, 1.807) is 7.11 Å². The molecule has 0 fully saturated rings. The molecule has 0 amide bonds. The van der Waals surface area contributed by atoms with E-state index in [1.807, 2.05) is 48.5 Å². The van der Waals surface area contributed by atoms with Gasteiger partial charge in [-0.3, -0.25) is 0 Å². The number of fused-ring (bicyclic) bond motifs is 1. The first-order valence-electron chi connectivity index (χ1n) is 9.09. The molecule has 0 bridgehead atoms. The van der Waals surface area contributed by atoms with Crippen LogP contribution in [0.15, 0.2) is 65.1 Å². The lowest BCUT2D eigenvalue weighted by atomic mass is 10.1. The van der Waals surface area contributed by atoms with E-state index in [4.69, 9.17) is 19.4 Å². The first-order chi connectivity index (χ1) is 13.7. The Balaban J connectivity index is 1.63. The quantitative estimate of drug-likeness (QED) is 0.393. The maximum atomic E-state index is 5.91. The first kappa shape index (κ1) is 18.5. The Morgan fingerprint density at radius 3 is 2.29 bits per heavy atom. The van der Waals surface area contributed by atoms with Gasteiger partial charge in [0.1, 0.15) is 22.8 Å². The monoisotopic (exact) mass is 437 g/mol. The molecule has 0 N–H and O–H groups in total. The summed E-state index contributed by atoms with van der Waals surface area (Å²) in [6.07, 6.45) is 0.756. The number of nitrogens with zero attached hydrogens (tertiary/aromatic N) is 3. The van der Waals surface area contributed by atoms with E-state index in [1.165, 1.54) is 5.56 Å². The van der Waals surface area contributed by atoms with E-state index in [9.17, 15) is 0 Å². The van der Waals surface area contributed by atoms with Gasteiger partial charge in [0.25, 0.3) is 0 Å². The molecular formula is C22H20BrN3O2. The van der Waals surface area contributed by atoms with Crippen LogP contribution in [0.5, 0.6) is 17.4 Å². The molecule has 0 radical (unpaired) electrons. The average molecular weight is 438 g/mol. The van der Waals surface area contributed by atoms with Gasteiger partial charge in [-0.2, -0.15) is 4.98 Å². The summed E-state index contributed by atoms with van der Waals surface area (Å²) in [6.45, 7) is 2.90. The van der Waals surface area contributed by atoms with E-state index in [0.717, 1.165) is 40.2 Å². The van der Waals surface area contributed by atoms with Crippen LogP contribution in [0.1, 0.15) is 18.3 Å². The molecular weight excluding hydrogens is 418 g/mol. The summed E-state index contributed by atoms with van der Waals surface area (Å²) in [5.41, 5.74) is 2.92. The fourth-order valence-corrected chi connectivity index (χ4v) is 3.37. The highest BCUT2D eigenvalue weighted by molar-refractivity contribution is 9.10. The van der Waals surface area contributed by atoms with E-state index in [-0.39, 0.29) is 0 Å². The van der Waals surface area contributed by atoms with Crippen LogP contribution < -0.4 is 9.47 Å². The number of halogens is 1. The lowest BCUT2D eigenvalue weighted by Crippen LogP contribution is -2.03. The van der Waals surface area contributed by atoms with Gasteiger partial charge in [-0.25, -0.2) is 4.98 Å². The molecule has 0 saturated heterocycles. The molecule has 6 heteroatoms. The van der Waals surface area contributed by atoms with Gasteiger partial charge in [0.05, 0.1) is 7.11 Å². The summed E-state index contributed by atoms with van der Waals surface area (Å²) in [4.78, 5) is 9.49. The second-order valence-electron chi connectivity index (χ2n) is 6.35. The smallest absolute Gasteiger partial charge is 0.221 e. The number of aryl methyl sites for hydroxylation is 1. The van der Waals surface area contributed by atoms with Gasteiger partial charge in [0.2, 0.25) is 5.88 Å². The van der Waals surface area contributed by atoms with E-state index in [2.05, 4.69) is 39.6 Å². The molecule has 5 nitrogen and oxygen atoms in total. The van der Waals surface area contributed by atoms with Crippen molar-refractivity contribution < 1.29 is 9.47 Å². The van der Waals surface area contributed by atoms with Gasteiger partial charge in [0, 0.05) is 23.5 Å². The van der Waals surface area contributed by atoms with Crippen LogP contribution in [0.25, 0.3) is 11.2 Å². The zero-order valence-corrected chi connectivity index (χ0v) is 17.3. The minimum Gasteiger partial charge on any atom is -0.497 e. The van der Waals surface area contributed by atoms with Crippen molar-refractivity contribution in [2.75, 3.05) is 7.11 Å². The van der Waals surface area contributed by atoms with Crippen LogP contribution in [0.4, 0.5) is 0 Å². The maximum absolute atomic E-state index is 5.91. The number of hydrogen-bond acceptors (Lipinski definition) is 4. The summed E-state index contributed by atoms with van der Waals surface area (Å²) in [5, 5.41) is 0. The molecule has 142 valence electrons. The highest BCUT2D eigenvalue weighted by Gasteiger charge is 2.13. The number of pyridine rings is 1. The lowest BCUT2D eigenvalue weighted by molar-refractivity contribution is 0.412. The van der Waals surface area contributed by atoms with Crippen molar-refractivity contribution in [1.29, 1.82) is 0 Å². The molecule has 0 unspecified atom stereocenters. The highest BCUT2D eigenvalue weighted by Crippen LogP contribution is 2.25. The van der Waals surface area contributed by atoms with Crippen molar-refractivity contribution in [3.8, 4) is 17.4 Å². The number of hydrogen-bond donors (Lipinski definition) is 0. The first-order valence-corrected chi connectivity index (χ1v) is 9.88. The molecule has 2 aromatic carbocycles. The number of imidazole rings is 1. The van der Waals surface area contributed by atoms with Gasteiger partial charge in [0.15, 0.2) is 5.65 Å². The standard InChI is InChI=1S/C22H20BrN3O2/c1-3-26-20(14-15-4-6-16(23)7-5-15)24-19-12-13-21(25-22(19)26)28-18-10-8-17(27-2)9-11-18/h4-13H,3,14H2,1-2H3. The average Bonchev–Trinajstić information content (AvgIpc) is 3.06. The van der Waals surface area contributed by atoms with Crippen LogP contribution in [0.3, 0.4) is 0 Å². The van der Waals surface area contributed by atoms with Crippen molar-refractivity contribution in [3.63, 3.8) is 0 Å². The molecule has 0 aliphatic carbocycles. The van der Waals surface area contributed by atoms with Crippen LogP contribution in [0, 0.1) is 0 Å². The lowest BCUT2D eigenvalue weighted by Gasteiger charge is -2.08. The van der Waals surface area contributed by atoms with Crippen molar-refractivity contribution in [1.82, 2.24) is 14.5 Å². The number of ether oxygens (including phenoxy) is 2. The molecule has 0 aliphatic rings. The highest BCUT2D eigenvalue weighted by atomic mass is 79.9. The van der Waals surface area contributed by atoms with Crippen molar-refractivity contribution in [2.45, 2.75) is 19.9 Å². The number of benzene rings is 2. The van der Waals surface area contributed by atoms with Crippen LogP contribution >= 0.6 is 15.9 Å². The summed E-state index contributed by atoms with van der Waals surface area (Å²) in [5.74, 6) is 3.04. The van der Waals surface area contributed by atoms with Crippen LogP contribution in [0.2, 0.25) is 0 Å². The molecule has 4 aromatic rings. The summed E-state index contributed by atoms with van der Waals surface area (Å²) >= 11 is 3.48. The predicted octanol–water partition coefficient (Wildman–Crippen LogP) is 5.61. The van der Waals surface area contributed by atoms with E-state index in [0.29, 0.717) is 11.6 Å². The third kappa shape index (κ3) is 3.87. The zero-order chi connectivity index (χ0) is 19.5. The Labute approximate surface area is 172 Å². The summed E-state index contributed by atoms with van der Waals surface area (Å²) in [6, 6.07) is 19.6. The molecule has 0 spiro atoms. The van der Waals surface area contributed by atoms with E-state index < -0.39 is 0 Å². The molecule has 4 rings (SSSR count). The minimum absolute atomic E-state index is 0.544. The Kier molecular flexibility index (Phi) is 5.30. The molecule has 0 atom stereocenters. The Hall–Kier alpha value is -2.86. The van der Waals surface area contributed by atoms with Gasteiger partial charge in [-0.05, 0) is 55.0 Å². The van der Waals surface area contributed by atoms with Gasteiger partial charge in [-0.1, -0.05) is 28.1 Å². The third-order valence-electron chi connectivity index (χ3n) is 4.52. The SMILES string of the molecule is CCn1c(Cc2ccc(Br)cc2)nc2ccc(Oc3ccc(OC)cc3)nc21. The fourth-order valence-electron chi connectivity index (χ4n) is 3.10. The van der Waals surface area contributed by atoms with Gasteiger partial charge in [-0.15, -0.1) is 0 Å². The molecule has 0 saturated carbocycles. The number of rotatable bonds is 6. The summed E-state index contributed by atoms with van der Waals surface area (Å²) in [7, 11) is 1.64. The predicted molar refractivity (Wildman–Crippen MR) is 113 cm³/mol. The van der Waals surface area contributed by atoms with Crippen molar-refractivity contribution >= 4 is 27.1 Å². The second-order valence-corrected chi connectivity index (χ2v) is 7.26. The molecule has 2 aromatic heterocycles. The van der Waals surface area contributed by atoms with Crippen molar-refractivity contribution in [2.24, 2.45) is 0 Å². The topological polar surface area (TPSA) is 49.2 Å².